The molecule has 118 valence electrons. The van der Waals surface area contributed by atoms with Crippen LogP contribution < -0.4 is 11.1 Å². The van der Waals surface area contributed by atoms with Crippen LogP contribution in [0.1, 0.15) is 44.1 Å². The Hall–Kier alpha value is -1.43. The molecule has 1 saturated carbocycles. The normalized spacial score (nSPS) is 19.0. The topological polar surface area (TPSA) is 58.3 Å². The Bertz CT molecular complexity index is 480. The molecule has 2 rings (SSSR count). The number of hydrogen-bond acceptors (Lipinski definition) is 3. The van der Waals surface area contributed by atoms with Crippen molar-refractivity contribution in [2.24, 2.45) is 0 Å². The number of nitrogen functional groups attached to an aromatic ring is 1. The van der Waals surface area contributed by atoms with E-state index in [1.54, 1.807) is 0 Å². The Kier molecular flexibility index (Phi) is 4.66. The van der Waals surface area contributed by atoms with Gasteiger partial charge in [0.2, 0.25) is 0 Å². The maximum atomic E-state index is 13.0. The van der Waals surface area contributed by atoms with Gasteiger partial charge in [-0.3, -0.25) is 0 Å². The highest BCUT2D eigenvalue weighted by Crippen LogP contribution is 2.36. The molecule has 0 heterocycles. The lowest BCUT2D eigenvalue weighted by molar-refractivity contribution is -0.137. The molecule has 1 fully saturated rings. The van der Waals surface area contributed by atoms with E-state index in [0.717, 1.165) is 31.7 Å². The molecule has 6 heteroatoms. The molecule has 0 bridgehead atoms. The number of alkyl halides is 3. The van der Waals surface area contributed by atoms with Crippen molar-refractivity contribution >= 4 is 11.4 Å². The molecule has 1 aromatic rings. The Balaban J connectivity index is 2.12. The second-order valence-electron chi connectivity index (χ2n) is 5.79. The van der Waals surface area contributed by atoms with E-state index < -0.39 is 17.3 Å². The zero-order valence-electron chi connectivity index (χ0n) is 11.8. The number of nitrogens with two attached hydrogens (primary N) is 1. The molecule has 0 atom stereocenters. The van der Waals surface area contributed by atoms with Crippen LogP contribution in [0, 0.1) is 0 Å². The lowest BCUT2D eigenvalue weighted by atomic mass is 9.94. The number of halogens is 3. The van der Waals surface area contributed by atoms with Gasteiger partial charge < -0.3 is 16.2 Å². The van der Waals surface area contributed by atoms with Crippen LogP contribution >= 0.6 is 0 Å². The molecule has 0 aromatic heterocycles. The third-order valence-electron chi connectivity index (χ3n) is 3.99. The van der Waals surface area contributed by atoms with Gasteiger partial charge in [0.1, 0.15) is 0 Å². The standard InChI is InChI=1S/C15H21F3N2O/c16-15(17,18)12-9-11(19)5-6-13(12)20-10-14(21)7-3-1-2-4-8-14/h5-6,9,20-21H,1-4,7-8,10,19H2. The zero-order valence-corrected chi connectivity index (χ0v) is 11.8. The van der Waals surface area contributed by atoms with Crippen molar-refractivity contribution in [2.45, 2.75) is 50.3 Å². The maximum Gasteiger partial charge on any atom is 0.418 e. The van der Waals surface area contributed by atoms with E-state index in [2.05, 4.69) is 5.32 Å². The van der Waals surface area contributed by atoms with Gasteiger partial charge in [-0.05, 0) is 31.0 Å². The van der Waals surface area contributed by atoms with Crippen molar-refractivity contribution in [3.05, 3.63) is 23.8 Å². The number of nitrogens with one attached hydrogen (secondary N) is 1. The summed E-state index contributed by atoms with van der Waals surface area (Å²) in [6, 6.07) is 3.66. The monoisotopic (exact) mass is 302 g/mol. The molecule has 1 aromatic carbocycles. The summed E-state index contributed by atoms with van der Waals surface area (Å²) in [5.41, 5.74) is 3.75. The largest absolute Gasteiger partial charge is 0.418 e. The molecule has 0 spiro atoms. The van der Waals surface area contributed by atoms with Gasteiger partial charge in [0.25, 0.3) is 0 Å². The summed E-state index contributed by atoms with van der Waals surface area (Å²) in [5, 5.41) is 13.3. The predicted molar refractivity (Wildman–Crippen MR) is 77.0 cm³/mol. The van der Waals surface area contributed by atoms with Gasteiger partial charge in [-0.2, -0.15) is 13.2 Å². The third-order valence-corrected chi connectivity index (χ3v) is 3.99. The van der Waals surface area contributed by atoms with E-state index in [1.807, 2.05) is 0 Å². The molecular weight excluding hydrogens is 281 g/mol. The molecule has 0 radical (unpaired) electrons. The molecule has 3 nitrogen and oxygen atoms in total. The van der Waals surface area contributed by atoms with Crippen LogP contribution in [-0.2, 0) is 6.18 Å². The highest BCUT2D eigenvalue weighted by atomic mass is 19.4. The number of rotatable bonds is 3. The number of benzene rings is 1. The number of hydrogen-bond donors (Lipinski definition) is 3. The fraction of sp³-hybridized carbons (Fsp3) is 0.600. The van der Waals surface area contributed by atoms with E-state index in [-0.39, 0.29) is 17.9 Å². The first-order valence-electron chi connectivity index (χ1n) is 7.23. The Morgan fingerprint density at radius 2 is 1.76 bits per heavy atom. The smallest absolute Gasteiger partial charge is 0.399 e. The van der Waals surface area contributed by atoms with Crippen molar-refractivity contribution in [3.8, 4) is 0 Å². The molecule has 4 N–H and O–H groups in total. The highest BCUT2D eigenvalue weighted by Gasteiger charge is 2.35. The minimum atomic E-state index is -4.47. The molecule has 21 heavy (non-hydrogen) atoms. The third kappa shape index (κ3) is 4.27. The Morgan fingerprint density at radius 1 is 1.14 bits per heavy atom. The van der Waals surface area contributed by atoms with Crippen LogP contribution in [0.4, 0.5) is 24.5 Å². The molecule has 0 unspecified atom stereocenters. The number of aliphatic hydroxyl groups is 1. The Labute approximate surface area is 122 Å². The van der Waals surface area contributed by atoms with Crippen LogP contribution in [0.5, 0.6) is 0 Å². The fourth-order valence-corrected chi connectivity index (χ4v) is 2.77. The van der Waals surface area contributed by atoms with Crippen molar-refractivity contribution < 1.29 is 18.3 Å². The summed E-state index contributed by atoms with van der Waals surface area (Å²) in [6.45, 7) is 0.125. The summed E-state index contributed by atoms with van der Waals surface area (Å²) < 4.78 is 39.0. The van der Waals surface area contributed by atoms with Gasteiger partial charge in [0, 0.05) is 17.9 Å². The number of anilines is 2. The Morgan fingerprint density at radius 3 is 2.33 bits per heavy atom. The average molecular weight is 302 g/mol. The first-order chi connectivity index (χ1) is 9.80. The van der Waals surface area contributed by atoms with E-state index in [4.69, 9.17) is 5.73 Å². The summed E-state index contributed by atoms with van der Waals surface area (Å²) in [4.78, 5) is 0. The van der Waals surface area contributed by atoms with Crippen LogP contribution in [0.2, 0.25) is 0 Å². The second kappa shape index (κ2) is 6.13. The highest BCUT2D eigenvalue weighted by molar-refractivity contribution is 5.59. The molecule has 0 aliphatic heterocycles. The summed E-state index contributed by atoms with van der Waals surface area (Å²) >= 11 is 0. The molecule has 1 aliphatic rings. The van der Waals surface area contributed by atoms with Gasteiger partial charge >= 0.3 is 6.18 Å². The van der Waals surface area contributed by atoms with Crippen LogP contribution in [-0.4, -0.2) is 17.3 Å². The van der Waals surface area contributed by atoms with Crippen molar-refractivity contribution in [1.82, 2.24) is 0 Å². The molecule has 0 amide bonds. The van der Waals surface area contributed by atoms with Gasteiger partial charge in [-0.25, -0.2) is 0 Å². The van der Waals surface area contributed by atoms with Crippen molar-refractivity contribution in [2.75, 3.05) is 17.6 Å². The van der Waals surface area contributed by atoms with Gasteiger partial charge in [0.05, 0.1) is 11.2 Å². The van der Waals surface area contributed by atoms with Crippen LogP contribution in [0.15, 0.2) is 18.2 Å². The van der Waals surface area contributed by atoms with Crippen molar-refractivity contribution in [1.29, 1.82) is 0 Å². The fourth-order valence-electron chi connectivity index (χ4n) is 2.77. The van der Waals surface area contributed by atoms with Gasteiger partial charge in [-0.1, -0.05) is 25.7 Å². The quantitative estimate of drug-likeness (QED) is 0.588. The summed E-state index contributed by atoms with van der Waals surface area (Å²) in [5.74, 6) is 0. The summed E-state index contributed by atoms with van der Waals surface area (Å²) in [6.07, 6.45) is 0.727. The molecule has 1 aliphatic carbocycles. The SMILES string of the molecule is Nc1ccc(NCC2(O)CCCCCC2)c(C(F)(F)F)c1. The lowest BCUT2D eigenvalue weighted by Gasteiger charge is -2.28. The van der Waals surface area contributed by atoms with E-state index >= 15 is 0 Å². The zero-order chi connectivity index (χ0) is 15.5. The lowest BCUT2D eigenvalue weighted by Crippen LogP contribution is -2.36. The van der Waals surface area contributed by atoms with Crippen molar-refractivity contribution in [3.63, 3.8) is 0 Å². The van der Waals surface area contributed by atoms with Crippen LogP contribution in [0.3, 0.4) is 0 Å². The average Bonchev–Trinajstić information content (AvgIpc) is 2.62. The van der Waals surface area contributed by atoms with Gasteiger partial charge in [-0.15, -0.1) is 0 Å². The summed E-state index contributed by atoms with van der Waals surface area (Å²) in [7, 11) is 0. The first-order valence-corrected chi connectivity index (χ1v) is 7.23. The maximum absolute atomic E-state index is 13.0. The van der Waals surface area contributed by atoms with E-state index in [9.17, 15) is 18.3 Å². The minimum Gasteiger partial charge on any atom is -0.399 e. The second-order valence-corrected chi connectivity index (χ2v) is 5.79. The van der Waals surface area contributed by atoms with Crippen LogP contribution in [0.25, 0.3) is 0 Å². The van der Waals surface area contributed by atoms with E-state index in [0.29, 0.717) is 12.8 Å². The molecule has 0 saturated heterocycles. The van der Waals surface area contributed by atoms with E-state index in [1.165, 1.54) is 12.1 Å². The van der Waals surface area contributed by atoms with Gasteiger partial charge in [0.15, 0.2) is 0 Å². The first kappa shape index (κ1) is 15.9. The minimum absolute atomic E-state index is 0.0330. The predicted octanol–water partition coefficient (Wildman–Crippen LogP) is 3.78. The molecular formula is C15H21F3N2O.